The third kappa shape index (κ3) is 2.23. The minimum atomic E-state index is -1.50. The second kappa shape index (κ2) is 4.28. The predicted octanol–water partition coefficient (Wildman–Crippen LogP) is 0.915. The first-order valence-corrected chi connectivity index (χ1v) is 4.85. The van der Waals surface area contributed by atoms with E-state index in [-0.39, 0.29) is 0 Å². The molecule has 2 N–H and O–H groups in total. The summed E-state index contributed by atoms with van der Waals surface area (Å²) in [7, 11) is -1.50. The highest BCUT2D eigenvalue weighted by Gasteiger charge is 2.14. The normalized spacial score (nSPS) is 10.0. The van der Waals surface area contributed by atoms with Crippen LogP contribution in [-0.4, -0.2) is 17.2 Å². The van der Waals surface area contributed by atoms with E-state index >= 15 is 0 Å². The van der Waals surface area contributed by atoms with E-state index in [1.807, 2.05) is 6.07 Å². The zero-order valence-electron chi connectivity index (χ0n) is 6.17. The van der Waals surface area contributed by atoms with E-state index in [1.165, 1.54) is 0 Å². The van der Waals surface area contributed by atoms with E-state index in [0.717, 1.165) is 5.56 Å². The van der Waals surface area contributed by atoms with Crippen LogP contribution in [0.3, 0.4) is 0 Å². The summed E-state index contributed by atoms with van der Waals surface area (Å²) in [6.45, 7) is 0. The SMILES string of the molecule is OB(O)c1cc(CBr)ccc1Cl. The predicted molar refractivity (Wildman–Crippen MR) is 53.9 cm³/mol. The summed E-state index contributed by atoms with van der Waals surface area (Å²) in [5.41, 5.74) is 1.30. The summed E-state index contributed by atoms with van der Waals surface area (Å²) in [6.07, 6.45) is 0. The molecule has 0 bridgehead atoms. The highest BCUT2D eigenvalue weighted by atomic mass is 79.9. The molecule has 0 saturated heterocycles. The van der Waals surface area contributed by atoms with Crippen LogP contribution in [-0.2, 0) is 5.33 Å². The number of halogens is 2. The molecule has 0 saturated carbocycles. The summed E-state index contributed by atoms with van der Waals surface area (Å²) in [5.74, 6) is 0. The molecule has 64 valence electrons. The van der Waals surface area contributed by atoms with Gasteiger partial charge in [-0.25, -0.2) is 0 Å². The van der Waals surface area contributed by atoms with Crippen molar-refractivity contribution in [2.45, 2.75) is 5.33 Å². The summed E-state index contributed by atoms with van der Waals surface area (Å²) in [5, 5.41) is 18.8. The topological polar surface area (TPSA) is 40.5 Å². The van der Waals surface area contributed by atoms with Crippen LogP contribution in [0.1, 0.15) is 5.56 Å². The van der Waals surface area contributed by atoms with Crippen LogP contribution in [0.25, 0.3) is 0 Å². The lowest BCUT2D eigenvalue weighted by Crippen LogP contribution is -2.31. The molecule has 0 fully saturated rings. The van der Waals surface area contributed by atoms with Crippen molar-refractivity contribution in [1.82, 2.24) is 0 Å². The molecule has 1 aromatic carbocycles. The van der Waals surface area contributed by atoms with E-state index in [2.05, 4.69) is 15.9 Å². The monoisotopic (exact) mass is 248 g/mol. The average molecular weight is 249 g/mol. The largest absolute Gasteiger partial charge is 0.489 e. The number of hydrogen-bond acceptors (Lipinski definition) is 2. The molecular formula is C7H7BBrClO2. The fourth-order valence-corrected chi connectivity index (χ4v) is 1.44. The molecule has 2 nitrogen and oxygen atoms in total. The van der Waals surface area contributed by atoms with Gasteiger partial charge in [-0.15, -0.1) is 0 Å². The molecule has 0 aromatic heterocycles. The van der Waals surface area contributed by atoms with E-state index in [9.17, 15) is 0 Å². The summed E-state index contributed by atoms with van der Waals surface area (Å²) < 4.78 is 0. The van der Waals surface area contributed by atoms with Gasteiger partial charge in [-0.1, -0.05) is 39.7 Å². The molecule has 0 amide bonds. The van der Waals surface area contributed by atoms with Gasteiger partial charge in [-0.3, -0.25) is 0 Å². The number of rotatable bonds is 2. The number of benzene rings is 1. The molecule has 0 spiro atoms. The average Bonchev–Trinajstić information content (AvgIpc) is 2.05. The lowest BCUT2D eigenvalue weighted by Gasteiger charge is -2.04. The Morgan fingerprint density at radius 1 is 1.42 bits per heavy atom. The second-order valence-corrected chi connectivity index (χ2v) is 3.33. The number of hydrogen-bond donors (Lipinski definition) is 2. The Morgan fingerprint density at radius 2 is 2.08 bits per heavy atom. The van der Waals surface area contributed by atoms with Crippen LogP contribution in [0.2, 0.25) is 5.02 Å². The molecule has 0 aliphatic carbocycles. The van der Waals surface area contributed by atoms with Crippen molar-refractivity contribution in [1.29, 1.82) is 0 Å². The van der Waals surface area contributed by atoms with Crippen molar-refractivity contribution < 1.29 is 10.0 Å². The Morgan fingerprint density at radius 3 is 2.58 bits per heavy atom. The zero-order valence-corrected chi connectivity index (χ0v) is 8.51. The molecule has 0 aliphatic heterocycles. The van der Waals surface area contributed by atoms with Gasteiger partial charge >= 0.3 is 7.12 Å². The Kier molecular flexibility index (Phi) is 3.59. The van der Waals surface area contributed by atoms with Gasteiger partial charge in [-0.05, 0) is 11.6 Å². The Labute approximate surface area is 84.4 Å². The molecular weight excluding hydrogens is 242 g/mol. The van der Waals surface area contributed by atoms with Gasteiger partial charge < -0.3 is 10.0 Å². The van der Waals surface area contributed by atoms with Gasteiger partial charge in [0.15, 0.2) is 0 Å². The van der Waals surface area contributed by atoms with E-state index in [1.54, 1.807) is 12.1 Å². The van der Waals surface area contributed by atoms with E-state index in [4.69, 9.17) is 21.6 Å². The van der Waals surface area contributed by atoms with Gasteiger partial charge in [0.1, 0.15) is 0 Å². The molecule has 12 heavy (non-hydrogen) atoms. The Hall–Kier alpha value is -0.0251. The first-order valence-electron chi connectivity index (χ1n) is 3.35. The molecule has 0 aliphatic rings. The third-order valence-corrected chi connectivity index (χ3v) is 2.48. The fraction of sp³-hybridized carbons (Fsp3) is 0.143. The lowest BCUT2D eigenvalue weighted by molar-refractivity contribution is 0.426. The molecule has 1 rings (SSSR count). The quantitative estimate of drug-likeness (QED) is 0.604. The van der Waals surface area contributed by atoms with Crippen LogP contribution in [0, 0.1) is 0 Å². The molecule has 1 aromatic rings. The first-order chi connectivity index (χ1) is 5.65. The maximum Gasteiger partial charge on any atom is 0.489 e. The molecule has 0 atom stereocenters. The van der Waals surface area contributed by atoms with Gasteiger partial charge in [-0.2, -0.15) is 0 Å². The van der Waals surface area contributed by atoms with Gasteiger partial charge in [0.2, 0.25) is 0 Å². The third-order valence-electron chi connectivity index (χ3n) is 1.49. The zero-order chi connectivity index (χ0) is 9.14. The van der Waals surface area contributed by atoms with Crippen molar-refractivity contribution in [3.63, 3.8) is 0 Å². The summed E-state index contributed by atoms with van der Waals surface area (Å²) >= 11 is 8.97. The van der Waals surface area contributed by atoms with E-state index < -0.39 is 7.12 Å². The van der Waals surface area contributed by atoms with E-state index in [0.29, 0.717) is 15.8 Å². The summed E-state index contributed by atoms with van der Waals surface area (Å²) in [4.78, 5) is 0. The fourth-order valence-electron chi connectivity index (χ4n) is 0.874. The standard InChI is InChI=1S/C7H7BBrClO2/c9-4-5-1-2-7(10)6(3-5)8(11)12/h1-3,11-12H,4H2. The highest BCUT2D eigenvalue weighted by Crippen LogP contribution is 2.10. The molecule has 0 unspecified atom stereocenters. The van der Waals surface area contributed by atoms with Crippen LogP contribution in [0.4, 0.5) is 0 Å². The molecule has 0 radical (unpaired) electrons. The van der Waals surface area contributed by atoms with Crippen LogP contribution >= 0.6 is 27.5 Å². The maximum absolute atomic E-state index is 8.88. The van der Waals surface area contributed by atoms with Crippen molar-refractivity contribution in [3.8, 4) is 0 Å². The minimum Gasteiger partial charge on any atom is -0.423 e. The summed E-state index contributed by atoms with van der Waals surface area (Å²) in [6, 6.07) is 5.12. The lowest BCUT2D eigenvalue weighted by atomic mass is 9.79. The molecule has 5 heteroatoms. The van der Waals surface area contributed by atoms with Crippen molar-refractivity contribution in [2.75, 3.05) is 0 Å². The Bertz CT molecular complexity index is 280. The smallest absolute Gasteiger partial charge is 0.423 e. The van der Waals surface area contributed by atoms with Crippen molar-refractivity contribution >= 4 is 40.1 Å². The van der Waals surface area contributed by atoms with Gasteiger partial charge in [0.25, 0.3) is 0 Å². The van der Waals surface area contributed by atoms with Gasteiger partial charge in [0, 0.05) is 15.8 Å². The minimum absolute atomic E-state index is 0.341. The number of alkyl halides is 1. The molecule has 0 heterocycles. The van der Waals surface area contributed by atoms with Crippen LogP contribution in [0.15, 0.2) is 18.2 Å². The van der Waals surface area contributed by atoms with Crippen molar-refractivity contribution in [3.05, 3.63) is 28.8 Å². The second-order valence-electron chi connectivity index (χ2n) is 2.36. The highest BCUT2D eigenvalue weighted by molar-refractivity contribution is 9.08. The first kappa shape index (κ1) is 10.1. The van der Waals surface area contributed by atoms with Crippen LogP contribution < -0.4 is 5.46 Å². The van der Waals surface area contributed by atoms with Gasteiger partial charge in [0.05, 0.1) is 0 Å². The van der Waals surface area contributed by atoms with Crippen LogP contribution in [0.5, 0.6) is 0 Å². The van der Waals surface area contributed by atoms with Crippen molar-refractivity contribution in [2.24, 2.45) is 0 Å². The Balaban J connectivity index is 3.08. The maximum atomic E-state index is 8.88.